The summed E-state index contributed by atoms with van der Waals surface area (Å²) in [4.78, 5) is 11.1. The molecule has 100 valence electrons. The van der Waals surface area contributed by atoms with E-state index in [0.29, 0.717) is 6.10 Å². The van der Waals surface area contributed by atoms with Gasteiger partial charge in [-0.1, -0.05) is 11.8 Å². The number of ether oxygens (including phenoxy) is 1. The molecule has 1 saturated heterocycles. The predicted octanol–water partition coefficient (Wildman–Crippen LogP) is 2.51. The number of rotatable bonds is 4. The molecule has 1 unspecified atom stereocenters. The van der Waals surface area contributed by atoms with Crippen molar-refractivity contribution in [3.63, 3.8) is 0 Å². The van der Waals surface area contributed by atoms with Gasteiger partial charge >= 0.3 is 0 Å². The molecule has 2 heterocycles. The van der Waals surface area contributed by atoms with E-state index in [4.69, 9.17) is 4.74 Å². The monoisotopic (exact) mass is 267 g/mol. The number of aryl methyl sites for hydroxylation is 1. The minimum absolute atomic E-state index is 0.344. The third-order valence-electron chi connectivity index (χ3n) is 3.15. The van der Waals surface area contributed by atoms with E-state index >= 15 is 0 Å². The van der Waals surface area contributed by atoms with Crippen LogP contribution in [0.2, 0.25) is 0 Å². The van der Waals surface area contributed by atoms with Crippen molar-refractivity contribution in [2.45, 2.75) is 37.4 Å². The van der Waals surface area contributed by atoms with Crippen LogP contribution >= 0.6 is 11.8 Å². The summed E-state index contributed by atoms with van der Waals surface area (Å²) in [5.41, 5.74) is 1.01. The summed E-state index contributed by atoms with van der Waals surface area (Å²) in [6.07, 6.45) is 5.98. The molecule has 1 aliphatic rings. The van der Waals surface area contributed by atoms with Gasteiger partial charge in [-0.05, 0) is 32.4 Å². The molecular weight excluding hydrogens is 246 g/mol. The molecule has 0 aliphatic carbocycles. The second kappa shape index (κ2) is 6.38. The molecule has 0 saturated carbocycles. The van der Waals surface area contributed by atoms with Crippen molar-refractivity contribution < 1.29 is 4.74 Å². The van der Waals surface area contributed by atoms with Gasteiger partial charge in [0.05, 0.1) is 6.10 Å². The van der Waals surface area contributed by atoms with Crippen LogP contribution in [0, 0.1) is 6.92 Å². The van der Waals surface area contributed by atoms with Gasteiger partial charge < -0.3 is 9.64 Å². The van der Waals surface area contributed by atoms with Crippen LogP contribution in [0.25, 0.3) is 0 Å². The van der Waals surface area contributed by atoms with Crippen molar-refractivity contribution in [3.05, 3.63) is 11.8 Å². The Bertz CT molecular complexity index is 394. The van der Waals surface area contributed by atoms with Crippen molar-refractivity contribution in [3.8, 4) is 0 Å². The first-order chi connectivity index (χ1) is 8.69. The van der Waals surface area contributed by atoms with Crippen molar-refractivity contribution in [1.29, 1.82) is 0 Å². The van der Waals surface area contributed by atoms with Crippen LogP contribution in [0.5, 0.6) is 0 Å². The van der Waals surface area contributed by atoms with Gasteiger partial charge in [-0.3, -0.25) is 0 Å². The molecule has 0 amide bonds. The molecule has 2 rings (SSSR count). The van der Waals surface area contributed by atoms with Crippen molar-refractivity contribution >= 4 is 17.6 Å². The van der Waals surface area contributed by atoms with Crippen LogP contribution in [-0.4, -0.2) is 42.5 Å². The second-order valence-electron chi connectivity index (χ2n) is 4.72. The molecule has 0 bridgehead atoms. The second-order valence-corrected chi connectivity index (χ2v) is 5.50. The van der Waals surface area contributed by atoms with Gasteiger partial charge in [0.2, 0.25) is 0 Å². The fraction of sp³-hybridized carbons (Fsp3) is 0.692. The normalized spacial score (nSPS) is 19.8. The zero-order valence-electron chi connectivity index (χ0n) is 11.3. The molecule has 1 aromatic rings. The SMILES string of the molecule is CSc1nc(C)cc(N(C)CC2CCCCO2)n1. The third-order valence-corrected chi connectivity index (χ3v) is 3.69. The minimum atomic E-state index is 0.344. The largest absolute Gasteiger partial charge is 0.376 e. The average Bonchev–Trinajstić information content (AvgIpc) is 2.39. The predicted molar refractivity (Wildman–Crippen MR) is 75.4 cm³/mol. The number of aromatic nitrogens is 2. The molecule has 1 atom stereocenters. The standard InChI is InChI=1S/C13H21N3OS/c1-10-8-12(15-13(14-10)18-3)16(2)9-11-6-4-5-7-17-11/h8,11H,4-7,9H2,1-3H3. The fourth-order valence-electron chi connectivity index (χ4n) is 2.16. The Morgan fingerprint density at radius 3 is 2.94 bits per heavy atom. The maximum atomic E-state index is 5.77. The van der Waals surface area contributed by atoms with Crippen molar-refractivity contribution in [2.75, 3.05) is 31.4 Å². The Hall–Kier alpha value is -0.810. The molecule has 1 aliphatic heterocycles. The smallest absolute Gasteiger partial charge is 0.189 e. The van der Waals surface area contributed by atoms with Gasteiger partial charge in [-0.25, -0.2) is 9.97 Å². The van der Waals surface area contributed by atoms with E-state index in [0.717, 1.165) is 36.2 Å². The minimum Gasteiger partial charge on any atom is -0.376 e. The van der Waals surface area contributed by atoms with Crippen LogP contribution in [-0.2, 0) is 4.74 Å². The van der Waals surface area contributed by atoms with Crippen LogP contribution in [0.4, 0.5) is 5.82 Å². The lowest BCUT2D eigenvalue weighted by atomic mass is 10.1. The third kappa shape index (κ3) is 3.59. The Morgan fingerprint density at radius 2 is 2.28 bits per heavy atom. The number of likely N-dealkylation sites (N-methyl/N-ethyl adjacent to an activating group) is 1. The lowest BCUT2D eigenvalue weighted by Crippen LogP contribution is -2.33. The van der Waals surface area contributed by atoms with Gasteiger partial charge in [-0.15, -0.1) is 0 Å². The van der Waals surface area contributed by atoms with Gasteiger partial charge in [0.25, 0.3) is 0 Å². The van der Waals surface area contributed by atoms with E-state index in [1.807, 2.05) is 19.2 Å². The van der Waals surface area contributed by atoms with Crippen molar-refractivity contribution in [1.82, 2.24) is 9.97 Å². The highest BCUT2D eigenvalue weighted by Crippen LogP contribution is 2.19. The molecule has 1 fully saturated rings. The number of thioether (sulfide) groups is 1. The van der Waals surface area contributed by atoms with Crippen molar-refractivity contribution in [2.24, 2.45) is 0 Å². The molecule has 4 nitrogen and oxygen atoms in total. The molecule has 0 radical (unpaired) electrons. The summed E-state index contributed by atoms with van der Waals surface area (Å²) in [6.45, 7) is 3.82. The molecular formula is C13H21N3OS. The van der Waals surface area contributed by atoms with Gasteiger partial charge in [0, 0.05) is 32.0 Å². The molecule has 0 N–H and O–H groups in total. The maximum absolute atomic E-state index is 5.77. The summed E-state index contributed by atoms with van der Waals surface area (Å²) >= 11 is 1.58. The summed E-state index contributed by atoms with van der Waals surface area (Å²) in [7, 11) is 2.07. The zero-order chi connectivity index (χ0) is 13.0. The number of hydrogen-bond acceptors (Lipinski definition) is 5. The van der Waals surface area contributed by atoms with Crippen LogP contribution < -0.4 is 4.90 Å². The van der Waals surface area contributed by atoms with Gasteiger partial charge in [-0.2, -0.15) is 0 Å². The number of hydrogen-bond donors (Lipinski definition) is 0. The zero-order valence-corrected chi connectivity index (χ0v) is 12.2. The Kier molecular flexibility index (Phi) is 4.83. The summed E-state index contributed by atoms with van der Waals surface area (Å²) in [6, 6.07) is 2.03. The number of anilines is 1. The molecule has 0 aromatic carbocycles. The van der Waals surface area contributed by atoms with Crippen LogP contribution in [0.15, 0.2) is 11.2 Å². The molecule has 0 spiro atoms. The Morgan fingerprint density at radius 1 is 1.44 bits per heavy atom. The molecule has 1 aromatic heterocycles. The highest BCUT2D eigenvalue weighted by Gasteiger charge is 2.17. The lowest BCUT2D eigenvalue weighted by molar-refractivity contribution is 0.0215. The fourth-order valence-corrected chi connectivity index (χ4v) is 2.58. The van der Waals surface area contributed by atoms with E-state index in [9.17, 15) is 0 Å². The highest BCUT2D eigenvalue weighted by molar-refractivity contribution is 7.98. The highest BCUT2D eigenvalue weighted by atomic mass is 32.2. The molecule has 18 heavy (non-hydrogen) atoms. The van der Waals surface area contributed by atoms with E-state index < -0.39 is 0 Å². The van der Waals surface area contributed by atoms with Gasteiger partial charge in [0.15, 0.2) is 5.16 Å². The van der Waals surface area contributed by atoms with E-state index in [1.54, 1.807) is 11.8 Å². The molecule has 5 heteroatoms. The Labute approximate surface area is 113 Å². The van der Waals surface area contributed by atoms with Crippen LogP contribution in [0.3, 0.4) is 0 Å². The lowest BCUT2D eigenvalue weighted by Gasteiger charge is -2.28. The maximum Gasteiger partial charge on any atom is 0.189 e. The van der Waals surface area contributed by atoms with E-state index in [2.05, 4.69) is 21.9 Å². The topological polar surface area (TPSA) is 38.2 Å². The quantitative estimate of drug-likeness (QED) is 0.619. The number of nitrogens with zero attached hydrogens (tertiary/aromatic N) is 3. The van der Waals surface area contributed by atoms with Crippen LogP contribution in [0.1, 0.15) is 25.0 Å². The summed E-state index contributed by atoms with van der Waals surface area (Å²) in [5.74, 6) is 0.987. The first-order valence-corrected chi connectivity index (χ1v) is 7.64. The van der Waals surface area contributed by atoms with E-state index in [1.165, 1.54) is 12.8 Å². The first kappa shape index (κ1) is 13.6. The first-order valence-electron chi connectivity index (χ1n) is 6.41. The van der Waals surface area contributed by atoms with E-state index in [-0.39, 0.29) is 0 Å². The summed E-state index contributed by atoms with van der Waals surface area (Å²) < 4.78 is 5.77. The Balaban J connectivity index is 2.02. The van der Waals surface area contributed by atoms with Gasteiger partial charge in [0.1, 0.15) is 5.82 Å². The average molecular weight is 267 g/mol. The summed E-state index contributed by atoms with van der Waals surface area (Å²) in [5, 5.41) is 0.835.